The van der Waals surface area contributed by atoms with Gasteiger partial charge in [-0.25, -0.2) is 32.2 Å². The van der Waals surface area contributed by atoms with E-state index in [0.29, 0.717) is 11.6 Å². The molecule has 2 aromatic heterocycles. The molecule has 1 aromatic carbocycles. The summed E-state index contributed by atoms with van der Waals surface area (Å²) in [5.41, 5.74) is -5.72. The fourth-order valence-electron chi connectivity index (χ4n) is 5.63. The molecule has 6 rings (SSSR count). The summed E-state index contributed by atoms with van der Waals surface area (Å²) >= 11 is 0. The Kier molecular flexibility index (Phi) is 5.98. The highest BCUT2D eigenvalue weighted by atomic mass is 19.4. The Morgan fingerprint density at radius 2 is 1.76 bits per heavy atom. The van der Waals surface area contributed by atoms with E-state index in [1.165, 1.54) is 18.3 Å². The van der Waals surface area contributed by atoms with Crippen molar-refractivity contribution in [3.05, 3.63) is 71.9 Å². The van der Waals surface area contributed by atoms with Crippen LogP contribution in [0.3, 0.4) is 0 Å². The normalized spacial score (nSPS) is 25.2. The molecular formula is C24H21F7N4O3. The highest BCUT2D eigenvalue weighted by Gasteiger charge is 2.82. The molecule has 0 radical (unpaired) electrons. The van der Waals surface area contributed by atoms with Crippen LogP contribution in [0.25, 0.3) is 0 Å². The van der Waals surface area contributed by atoms with Crippen LogP contribution in [0.4, 0.5) is 30.7 Å². The number of halogens is 7. The maximum Gasteiger partial charge on any atom is 0.417 e. The van der Waals surface area contributed by atoms with Gasteiger partial charge in [0.1, 0.15) is 30.9 Å². The molecule has 2 unspecified atom stereocenters. The second kappa shape index (κ2) is 8.63. The number of aromatic nitrogens is 4. The molecule has 0 amide bonds. The Labute approximate surface area is 210 Å². The summed E-state index contributed by atoms with van der Waals surface area (Å²) in [5.74, 6) is -6.38. The molecule has 2 atom stereocenters. The van der Waals surface area contributed by atoms with Crippen LogP contribution in [0.2, 0.25) is 0 Å². The zero-order valence-corrected chi connectivity index (χ0v) is 19.5. The zero-order valence-electron chi connectivity index (χ0n) is 19.5. The van der Waals surface area contributed by atoms with E-state index in [4.69, 9.17) is 9.84 Å². The zero-order chi connectivity index (χ0) is 27.6. The molecular weight excluding hydrogens is 525 g/mol. The largest absolute Gasteiger partial charge is 0.475 e. The molecule has 14 heteroatoms. The lowest BCUT2D eigenvalue weighted by Gasteiger charge is -2.74. The molecule has 38 heavy (non-hydrogen) atoms. The van der Waals surface area contributed by atoms with Gasteiger partial charge in [-0.1, -0.05) is 6.07 Å². The SMILES string of the molecule is OC(COc1ccc(C23CC(C(F)(F)C(O)(Cn4cncn4)c4ccc(F)cc4F)(C2)C3)cn1)C(F)(F)F. The Morgan fingerprint density at radius 3 is 2.32 bits per heavy atom. The van der Waals surface area contributed by atoms with Crippen molar-refractivity contribution in [2.24, 2.45) is 5.41 Å². The molecule has 2 heterocycles. The predicted octanol–water partition coefficient (Wildman–Crippen LogP) is 3.90. The minimum atomic E-state index is -4.85. The van der Waals surface area contributed by atoms with E-state index in [9.17, 15) is 27.1 Å². The van der Waals surface area contributed by atoms with Gasteiger partial charge >= 0.3 is 6.18 Å². The number of aliphatic hydroxyl groups excluding tert-OH is 1. The Morgan fingerprint density at radius 1 is 1.05 bits per heavy atom. The molecule has 3 fully saturated rings. The molecule has 3 aliphatic rings. The predicted molar refractivity (Wildman–Crippen MR) is 115 cm³/mol. The second-order valence-corrected chi connectivity index (χ2v) is 10.00. The van der Waals surface area contributed by atoms with Gasteiger partial charge in [0.05, 0.1) is 6.54 Å². The fourth-order valence-corrected chi connectivity index (χ4v) is 5.63. The van der Waals surface area contributed by atoms with Crippen molar-refractivity contribution in [1.29, 1.82) is 0 Å². The summed E-state index contributed by atoms with van der Waals surface area (Å²) in [7, 11) is 0. The highest BCUT2D eigenvalue weighted by molar-refractivity contribution is 5.42. The highest BCUT2D eigenvalue weighted by Crippen LogP contribution is 2.80. The maximum atomic E-state index is 16.2. The van der Waals surface area contributed by atoms with Crippen LogP contribution < -0.4 is 4.74 Å². The number of rotatable bonds is 9. The number of ether oxygens (including phenoxy) is 1. The van der Waals surface area contributed by atoms with Gasteiger partial charge in [0.15, 0.2) is 11.7 Å². The lowest BCUT2D eigenvalue weighted by Crippen LogP contribution is -2.76. The van der Waals surface area contributed by atoms with E-state index in [1.54, 1.807) is 0 Å². The summed E-state index contributed by atoms with van der Waals surface area (Å²) in [4.78, 5) is 7.59. The second-order valence-electron chi connectivity index (χ2n) is 10.00. The van der Waals surface area contributed by atoms with Gasteiger partial charge in [0, 0.05) is 29.3 Å². The summed E-state index contributed by atoms with van der Waals surface area (Å²) < 4.78 is 104. The first-order valence-corrected chi connectivity index (χ1v) is 11.4. The summed E-state index contributed by atoms with van der Waals surface area (Å²) in [5, 5.41) is 24.2. The van der Waals surface area contributed by atoms with Crippen molar-refractivity contribution in [2.45, 2.75) is 55.0 Å². The lowest BCUT2D eigenvalue weighted by atomic mass is 9.30. The number of alkyl halides is 5. The number of benzene rings is 1. The molecule has 2 N–H and O–H groups in total. The van der Waals surface area contributed by atoms with Gasteiger partial charge in [-0.05, 0) is 42.4 Å². The van der Waals surface area contributed by atoms with Crippen LogP contribution >= 0.6 is 0 Å². The number of pyridine rings is 1. The molecule has 3 aromatic rings. The van der Waals surface area contributed by atoms with Gasteiger partial charge in [0.2, 0.25) is 5.88 Å². The Bertz CT molecular complexity index is 1300. The van der Waals surface area contributed by atoms with Crippen LogP contribution in [-0.4, -0.2) is 54.8 Å². The van der Waals surface area contributed by atoms with Gasteiger partial charge in [0.25, 0.3) is 5.92 Å². The average Bonchev–Trinajstić information content (AvgIpc) is 3.28. The third-order valence-electron chi connectivity index (χ3n) is 7.57. The number of hydrogen-bond acceptors (Lipinski definition) is 6. The van der Waals surface area contributed by atoms with Crippen LogP contribution in [-0.2, 0) is 17.6 Å². The number of nitrogens with zero attached hydrogens (tertiary/aromatic N) is 4. The van der Waals surface area contributed by atoms with E-state index < -0.39 is 65.0 Å². The third-order valence-corrected chi connectivity index (χ3v) is 7.57. The van der Waals surface area contributed by atoms with E-state index in [0.717, 1.165) is 29.5 Å². The van der Waals surface area contributed by atoms with Crippen molar-refractivity contribution in [3.8, 4) is 5.88 Å². The van der Waals surface area contributed by atoms with E-state index in [1.807, 2.05) is 0 Å². The van der Waals surface area contributed by atoms with Crippen LogP contribution in [0.5, 0.6) is 5.88 Å². The summed E-state index contributed by atoms with van der Waals surface area (Å²) in [6, 6.07) is 4.76. The van der Waals surface area contributed by atoms with Gasteiger partial charge < -0.3 is 14.9 Å². The van der Waals surface area contributed by atoms with Gasteiger partial charge in [-0.2, -0.15) is 18.3 Å². The molecule has 3 saturated carbocycles. The molecule has 0 spiro atoms. The minimum Gasteiger partial charge on any atom is -0.475 e. The smallest absolute Gasteiger partial charge is 0.417 e. The van der Waals surface area contributed by atoms with E-state index >= 15 is 8.78 Å². The quantitative estimate of drug-likeness (QED) is 0.396. The Balaban J connectivity index is 1.35. The Hall–Kier alpha value is -3.26. The number of aliphatic hydroxyl groups is 2. The monoisotopic (exact) mass is 546 g/mol. The van der Waals surface area contributed by atoms with Crippen molar-refractivity contribution in [1.82, 2.24) is 19.7 Å². The molecule has 0 saturated heterocycles. The molecule has 0 aliphatic heterocycles. The summed E-state index contributed by atoms with van der Waals surface area (Å²) in [6.07, 6.45) is -4.31. The lowest BCUT2D eigenvalue weighted by molar-refractivity contribution is -0.347. The van der Waals surface area contributed by atoms with E-state index in [2.05, 4.69) is 15.1 Å². The fraction of sp³-hybridized carbons (Fsp3) is 0.458. The third kappa shape index (κ3) is 4.01. The summed E-state index contributed by atoms with van der Waals surface area (Å²) in [6.45, 7) is -1.89. The first-order chi connectivity index (χ1) is 17.7. The first kappa shape index (κ1) is 26.4. The molecule has 7 nitrogen and oxygen atoms in total. The van der Waals surface area contributed by atoms with Crippen LogP contribution in [0, 0.1) is 17.0 Å². The topological polar surface area (TPSA) is 93.3 Å². The first-order valence-electron chi connectivity index (χ1n) is 11.4. The van der Waals surface area contributed by atoms with Gasteiger partial charge in [-0.3, -0.25) is 0 Å². The van der Waals surface area contributed by atoms with Crippen LogP contribution in [0.15, 0.2) is 49.2 Å². The number of hydrogen-bond donors (Lipinski definition) is 2. The molecule has 2 bridgehead atoms. The molecule has 204 valence electrons. The van der Waals surface area contributed by atoms with Crippen molar-refractivity contribution in [2.75, 3.05) is 6.61 Å². The minimum absolute atomic E-state index is 0.0792. The van der Waals surface area contributed by atoms with Crippen molar-refractivity contribution >= 4 is 0 Å². The molecule has 3 aliphatic carbocycles. The standard InChI is InChI=1S/C24H21F7N4O3/c25-15-2-3-16(17(26)5-15)22(37,11-35-13-32-12-34-35)24(30,31)21-8-20(9-21,10-21)14-1-4-19(33-6-14)38-7-18(36)23(27,28)29/h1-6,12-13,18,36-37H,7-11H2. The van der Waals surface area contributed by atoms with Crippen LogP contribution in [0.1, 0.15) is 30.4 Å². The average molecular weight is 546 g/mol. The van der Waals surface area contributed by atoms with E-state index in [-0.39, 0.29) is 25.1 Å². The van der Waals surface area contributed by atoms with Gasteiger partial charge in [-0.15, -0.1) is 0 Å². The maximum absolute atomic E-state index is 16.2. The van der Waals surface area contributed by atoms with Crippen molar-refractivity contribution < 1.29 is 45.7 Å². The van der Waals surface area contributed by atoms with Crippen molar-refractivity contribution in [3.63, 3.8) is 0 Å².